The summed E-state index contributed by atoms with van der Waals surface area (Å²) in [6.45, 7) is 10.4. The SMILES string of the molecule is C=CCC(C)(C)C(CCCC)NN. The predicted octanol–water partition coefficient (Wildman–Crippen LogP) is 2.61. The van der Waals surface area contributed by atoms with Gasteiger partial charge in [-0.3, -0.25) is 11.3 Å². The largest absolute Gasteiger partial charge is 0.271 e. The number of allylic oxidation sites excluding steroid dienone is 1. The molecule has 78 valence electrons. The molecule has 2 heteroatoms. The molecule has 0 aliphatic carbocycles. The van der Waals surface area contributed by atoms with Crippen LogP contribution in [0.5, 0.6) is 0 Å². The van der Waals surface area contributed by atoms with Crippen LogP contribution in [0.2, 0.25) is 0 Å². The maximum atomic E-state index is 5.55. The van der Waals surface area contributed by atoms with Crippen LogP contribution in [-0.4, -0.2) is 6.04 Å². The summed E-state index contributed by atoms with van der Waals surface area (Å²) in [6, 6.07) is 0.394. The molecule has 0 heterocycles. The Morgan fingerprint density at radius 2 is 2.15 bits per heavy atom. The van der Waals surface area contributed by atoms with Crippen LogP contribution in [-0.2, 0) is 0 Å². The van der Waals surface area contributed by atoms with Crippen molar-refractivity contribution >= 4 is 0 Å². The lowest BCUT2D eigenvalue weighted by Gasteiger charge is -2.33. The van der Waals surface area contributed by atoms with E-state index in [1.165, 1.54) is 12.8 Å². The smallest absolute Gasteiger partial charge is 0.0264 e. The first kappa shape index (κ1) is 12.7. The Morgan fingerprint density at radius 3 is 2.54 bits per heavy atom. The molecule has 0 fully saturated rings. The molecule has 0 spiro atoms. The Morgan fingerprint density at radius 1 is 1.54 bits per heavy atom. The third-order valence-corrected chi connectivity index (χ3v) is 2.66. The first-order valence-corrected chi connectivity index (χ1v) is 5.15. The molecule has 0 rings (SSSR count). The summed E-state index contributed by atoms with van der Waals surface area (Å²) >= 11 is 0. The van der Waals surface area contributed by atoms with Gasteiger partial charge >= 0.3 is 0 Å². The topological polar surface area (TPSA) is 38.0 Å². The van der Waals surface area contributed by atoms with E-state index in [-0.39, 0.29) is 5.41 Å². The Kier molecular flexibility index (Phi) is 6.00. The zero-order valence-electron chi connectivity index (χ0n) is 9.27. The van der Waals surface area contributed by atoms with Crippen LogP contribution in [0.15, 0.2) is 12.7 Å². The molecule has 0 aromatic carbocycles. The molecule has 2 nitrogen and oxygen atoms in total. The number of nitrogens with one attached hydrogen (secondary N) is 1. The first-order chi connectivity index (χ1) is 6.08. The molecular formula is C11H24N2. The highest BCUT2D eigenvalue weighted by molar-refractivity contribution is 4.88. The second-order valence-corrected chi connectivity index (χ2v) is 4.34. The minimum absolute atomic E-state index is 0.214. The van der Waals surface area contributed by atoms with E-state index < -0.39 is 0 Å². The van der Waals surface area contributed by atoms with Gasteiger partial charge in [0, 0.05) is 6.04 Å². The number of nitrogens with two attached hydrogens (primary N) is 1. The Bertz CT molecular complexity index is 141. The molecule has 0 radical (unpaired) electrons. The fourth-order valence-electron chi connectivity index (χ4n) is 1.62. The van der Waals surface area contributed by atoms with Crippen molar-refractivity contribution in [1.29, 1.82) is 0 Å². The fraction of sp³-hybridized carbons (Fsp3) is 0.818. The van der Waals surface area contributed by atoms with Crippen LogP contribution in [0, 0.1) is 5.41 Å². The van der Waals surface area contributed by atoms with Crippen molar-refractivity contribution < 1.29 is 0 Å². The second kappa shape index (κ2) is 6.17. The highest BCUT2D eigenvalue weighted by Crippen LogP contribution is 2.28. The molecule has 1 atom stereocenters. The lowest BCUT2D eigenvalue weighted by atomic mass is 9.79. The van der Waals surface area contributed by atoms with E-state index in [1.54, 1.807) is 0 Å². The van der Waals surface area contributed by atoms with Crippen molar-refractivity contribution in [2.75, 3.05) is 0 Å². The Labute approximate surface area is 82.6 Å². The molecule has 0 aliphatic heterocycles. The molecule has 0 bridgehead atoms. The highest BCUT2D eigenvalue weighted by Gasteiger charge is 2.26. The van der Waals surface area contributed by atoms with Gasteiger partial charge in [0.25, 0.3) is 0 Å². The van der Waals surface area contributed by atoms with Gasteiger partial charge in [0.2, 0.25) is 0 Å². The van der Waals surface area contributed by atoms with Gasteiger partial charge in [0.15, 0.2) is 0 Å². The maximum Gasteiger partial charge on any atom is 0.0264 e. The van der Waals surface area contributed by atoms with E-state index in [9.17, 15) is 0 Å². The van der Waals surface area contributed by atoms with Crippen LogP contribution in [0.1, 0.15) is 46.5 Å². The summed E-state index contributed by atoms with van der Waals surface area (Å²) in [5.41, 5.74) is 3.13. The summed E-state index contributed by atoms with van der Waals surface area (Å²) in [5, 5.41) is 0. The van der Waals surface area contributed by atoms with Crippen molar-refractivity contribution in [2.24, 2.45) is 11.3 Å². The lowest BCUT2D eigenvalue weighted by Crippen LogP contribution is -2.45. The molecule has 1 unspecified atom stereocenters. The average Bonchev–Trinajstić information content (AvgIpc) is 2.05. The zero-order valence-corrected chi connectivity index (χ0v) is 9.27. The van der Waals surface area contributed by atoms with Gasteiger partial charge in [0.05, 0.1) is 0 Å². The molecule has 0 aromatic rings. The van der Waals surface area contributed by atoms with Crippen molar-refractivity contribution in [1.82, 2.24) is 5.43 Å². The van der Waals surface area contributed by atoms with Gasteiger partial charge in [-0.25, -0.2) is 0 Å². The van der Waals surface area contributed by atoms with Gasteiger partial charge in [-0.05, 0) is 18.3 Å². The summed E-state index contributed by atoms with van der Waals surface area (Å²) in [7, 11) is 0. The lowest BCUT2D eigenvalue weighted by molar-refractivity contribution is 0.229. The van der Waals surface area contributed by atoms with E-state index in [2.05, 4.69) is 32.8 Å². The van der Waals surface area contributed by atoms with Crippen LogP contribution < -0.4 is 11.3 Å². The predicted molar refractivity (Wildman–Crippen MR) is 59.2 cm³/mol. The minimum atomic E-state index is 0.214. The Hall–Kier alpha value is -0.340. The summed E-state index contributed by atoms with van der Waals surface area (Å²) < 4.78 is 0. The molecule has 0 aromatic heterocycles. The molecule has 0 saturated heterocycles. The normalized spacial score (nSPS) is 14.2. The summed E-state index contributed by atoms with van der Waals surface area (Å²) in [4.78, 5) is 0. The molecule has 0 aliphatic rings. The number of rotatable bonds is 7. The molecule has 0 amide bonds. The average molecular weight is 184 g/mol. The van der Waals surface area contributed by atoms with E-state index in [0.717, 1.165) is 12.8 Å². The van der Waals surface area contributed by atoms with E-state index in [0.29, 0.717) is 6.04 Å². The van der Waals surface area contributed by atoms with Gasteiger partial charge in [0.1, 0.15) is 0 Å². The maximum absolute atomic E-state index is 5.55. The summed E-state index contributed by atoms with van der Waals surface area (Å²) in [5.74, 6) is 5.55. The van der Waals surface area contributed by atoms with Crippen LogP contribution >= 0.6 is 0 Å². The van der Waals surface area contributed by atoms with Crippen molar-refractivity contribution in [3.05, 3.63) is 12.7 Å². The molecule has 13 heavy (non-hydrogen) atoms. The zero-order chi connectivity index (χ0) is 10.3. The minimum Gasteiger partial charge on any atom is -0.271 e. The summed E-state index contributed by atoms with van der Waals surface area (Å²) in [6.07, 6.45) is 6.58. The second-order valence-electron chi connectivity index (χ2n) is 4.34. The van der Waals surface area contributed by atoms with Gasteiger partial charge in [-0.2, -0.15) is 0 Å². The number of hydrogen-bond acceptors (Lipinski definition) is 2. The molecule has 0 saturated carbocycles. The number of hydrogen-bond donors (Lipinski definition) is 2. The number of unbranched alkanes of at least 4 members (excludes halogenated alkanes) is 1. The quantitative estimate of drug-likeness (QED) is 0.362. The van der Waals surface area contributed by atoms with Crippen LogP contribution in [0.4, 0.5) is 0 Å². The third kappa shape index (κ3) is 4.44. The van der Waals surface area contributed by atoms with Crippen LogP contribution in [0.25, 0.3) is 0 Å². The van der Waals surface area contributed by atoms with Crippen molar-refractivity contribution in [3.63, 3.8) is 0 Å². The van der Waals surface area contributed by atoms with Crippen LogP contribution in [0.3, 0.4) is 0 Å². The first-order valence-electron chi connectivity index (χ1n) is 5.15. The van der Waals surface area contributed by atoms with E-state index in [4.69, 9.17) is 5.84 Å². The van der Waals surface area contributed by atoms with E-state index in [1.807, 2.05) is 6.08 Å². The van der Waals surface area contributed by atoms with Gasteiger partial charge in [-0.15, -0.1) is 6.58 Å². The van der Waals surface area contributed by atoms with Crippen molar-refractivity contribution in [2.45, 2.75) is 52.5 Å². The highest BCUT2D eigenvalue weighted by atomic mass is 15.2. The van der Waals surface area contributed by atoms with Gasteiger partial charge < -0.3 is 0 Å². The number of hydrazine groups is 1. The standard InChI is InChI=1S/C11H24N2/c1-5-7-8-10(13-12)11(3,4)9-6-2/h6,10,13H,2,5,7-9,12H2,1,3-4H3. The molecule has 3 N–H and O–H groups in total. The Balaban J connectivity index is 4.10. The monoisotopic (exact) mass is 184 g/mol. The van der Waals surface area contributed by atoms with Gasteiger partial charge in [-0.1, -0.05) is 39.7 Å². The van der Waals surface area contributed by atoms with Crippen molar-refractivity contribution in [3.8, 4) is 0 Å². The van der Waals surface area contributed by atoms with E-state index >= 15 is 0 Å². The third-order valence-electron chi connectivity index (χ3n) is 2.66. The fourth-order valence-corrected chi connectivity index (χ4v) is 1.62. The molecular weight excluding hydrogens is 160 g/mol.